The summed E-state index contributed by atoms with van der Waals surface area (Å²) in [6.07, 6.45) is 3.07. The molecule has 3 rings (SSSR count). The van der Waals surface area contributed by atoms with Crippen LogP contribution in [0.5, 0.6) is 0 Å². The third-order valence-electron chi connectivity index (χ3n) is 4.86. The summed E-state index contributed by atoms with van der Waals surface area (Å²) < 4.78 is 6.07. The molecule has 1 aromatic carbocycles. The molecule has 142 valence electrons. The van der Waals surface area contributed by atoms with Crippen molar-refractivity contribution in [3.05, 3.63) is 33.3 Å². The monoisotopic (exact) mass is 442 g/mol. The lowest BCUT2D eigenvalue weighted by Crippen LogP contribution is -2.53. The number of hydrogen-bond donors (Lipinski definition) is 1. The van der Waals surface area contributed by atoms with Crippen molar-refractivity contribution in [2.24, 2.45) is 0 Å². The Kier molecular flexibility index (Phi) is 5.54. The van der Waals surface area contributed by atoms with Crippen molar-refractivity contribution in [3.63, 3.8) is 0 Å². The van der Waals surface area contributed by atoms with E-state index >= 15 is 0 Å². The highest BCUT2D eigenvalue weighted by atomic mass is 79.9. The van der Waals surface area contributed by atoms with Gasteiger partial charge in [-0.3, -0.25) is 4.79 Å². The fourth-order valence-corrected chi connectivity index (χ4v) is 4.38. The van der Waals surface area contributed by atoms with E-state index in [4.69, 9.17) is 16.3 Å². The minimum atomic E-state index is -0.512. The van der Waals surface area contributed by atoms with Gasteiger partial charge in [-0.2, -0.15) is 0 Å². The summed E-state index contributed by atoms with van der Waals surface area (Å²) in [7, 11) is 0. The highest BCUT2D eigenvalue weighted by Gasteiger charge is 2.44. The Morgan fingerprint density at radius 2 is 1.85 bits per heavy atom. The minimum absolute atomic E-state index is 0.0329. The molecule has 2 heterocycles. The number of carbonyl (C=O) groups excluding carboxylic acids is 2. The number of benzene rings is 1. The van der Waals surface area contributed by atoms with Crippen LogP contribution in [0.3, 0.4) is 0 Å². The lowest BCUT2D eigenvalue weighted by atomic mass is 9.96. The van der Waals surface area contributed by atoms with E-state index in [9.17, 15) is 9.59 Å². The number of nitrogens with one attached hydrogen (secondary N) is 1. The Bertz CT molecular complexity index is 705. The van der Waals surface area contributed by atoms with E-state index in [0.29, 0.717) is 10.6 Å². The molecule has 1 aromatic rings. The molecule has 2 amide bonds. The summed E-state index contributed by atoms with van der Waals surface area (Å²) in [6, 6.07) is 5.61. The van der Waals surface area contributed by atoms with Gasteiger partial charge in [0.25, 0.3) is 5.91 Å². The maximum atomic E-state index is 13.0. The van der Waals surface area contributed by atoms with Crippen LogP contribution in [0, 0.1) is 0 Å². The summed E-state index contributed by atoms with van der Waals surface area (Å²) in [6.45, 7) is 5.55. The number of amides is 2. The molecule has 26 heavy (non-hydrogen) atoms. The Balaban J connectivity index is 1.66. The topological polar surface area (TPSA) is 58.6 Å². The first kappa shape index (κ1) is 19.5. The number of fused-ring (bicyclic) bond motifs is 2. The standard InChI is InChI=1S/C19H24BrClN2O3/c1-19(2,3)26-18(25)22-12-9-13-5-6-14(10-12)23(13)17(24)11-4-7-16(21)15(20)8-11/h4,7-8,12-14H,5-6,9-10H2,1-3H3,(H,22,25)/t12-,13+,14-. The molecule has 2 aliphatic rings. The fraction of sp³-hybridized carbons (Fsp3) is 0.579. The van der Waals surface area contributed by atoms with Crippen LogP contribution < -0.4 is 5.32 Å². The Morgan fingerprint density at radius 3 is 2.38 bits per heavy atom. The number of hydrogen-bond acceptors (Lipinski definition) is 3. The first-order chi connectivity index (χ1) is 12.1. The predicted octanol–water partition coefficient (Wildman–Crippen LogP) is 4.76. The van der Waals surface area contributed by atoms with E-state index in [0.717, 1.165) is 30.2 Å². The second-order valence-corrected chi connectivity index (χ2v) is 9.30. The number of ether oxygens (including phenoxy) is 1. The molecule has 0 unspecified atom stereocenters. The van der Waals surface area contributed by atoms with E-state index in [1.165, 1.54) is 0 Å². The zero-order valence-electron chi connectivity index (χ0n) is 15.2. The van der Waals surface area contributed by atoms with E-state index < -0.39 is 5.60 Å². The van der Waals surface area contributed by atoms with Gasteiger partial charge in [0.15, 0.2) is 0 Å². The Labute approximate surface area is 167 Å². The lowest BCUT2D eigenvalue weighted by Gasteiger charge is -2.39. The second kappa shape index (κ2) is 7.39. The maximum absolute atomic E-state index is 13.0. The van der Waals surface area contributed by atoms with Gasteiger partial charge in [-0.05, 0) is 80.6 Å². The normalized spacial score (nSPS) is 25.1. The fourth-order valence-electron chi connectivity index (χ4n) is 3.88. The molecule has 2 saturated heterocycles. The van der Waals surface area contributed by atoms with Crippen molar-refractivity contribution in [1.82, 2.24) is 10.2 Å². The molecular weight excluding hydrogens is 420 g/mol. The third-order valence-corrected chi connectivity index (χ3v) is 6.07. The molecule has 0 radical (unpaired) electrons. The van der Waals surface area contributed by atoms with E-state index in [2.05, 4.69) is 21.2 Å². The number of nitrogens with zero attached hydrogens (tertiary/aromatic N) is 1. The van der Waals surface area contributed by atoms with Crippen LogP contribution in [-0.4, -0.2) is 40.6 Å². The molecule has 1 N–H and O–H groups in total. The van der Waals surface area contributed by atoms with Crippen LogP contribution >= 0.6 is 27.5 Å². The highest BCUT2D eigenvalue weighted by Crippen LogP contribution is 2.37. The van der Waals surface area contributed by atoms with E-state index in [1.807, 2.05) is 25.7 Å². The molecule has 2 aliphatic heterocycles. The first-order valence-corrected chi connectivity index (χ1v) is 10.1. The Morgan fingerprint density at radius 1 is 1.23 bits per heavy atom. The van der Waals surface area contributed by atoms with Gasteiger partial charge in [0, 0.05) is 28.2 Å². The summed E-state index contributed by atoms with van der Waals surface area (Å²) >= 11 is 9.41. The number of rotatable bonds is 2. The second-order valence-electron chi connectivity index (χ2n) is 8.04. The average molecular weight is 444 g/mol. The number of carbonyl (C=O) groups is 2. The van der Waals surface area contributed by atoms with Crippen LogP contribution in [-0.2, 0) is 4.74 Å². The zero-order chi connectivity index (χ0) is 19.1. The number of piperidine rings is 1. The number of alkyl carbamates (subject to hydrolysis) is 1. The van der Waals surface area contributed by atoms with Gasteiger partial charge in [0.05, 0.1) is 5.02 Å². The average Bonchev–Trinajstić information content (AvgIpc) is 2.78. The zero-order valence-corrected chi connectivity index (χ0v) is 17.6. The van der Waals surface area contributed by atoms with Gasteiger partial charge >= 0.3 is 6.09 Å². The van der Waals surface area contributed by atoms with Crippen LogP contribution in [0.15, 0.2) is 22.7 Å². The van der Waals surface area contributed by atoms with Crippen molar-refractivity contribution in [2.45, 2.75) is 70.2 Å². The minimum Gasteiger partial charge on any atom is -0.444 e. The van der Waals surface area contributed by atoms with Crippen molar-refractivity contribution >= 4 is 39.5 Å². The smallest absolute Gasteiger partial charge is 0.407 e. The van der Waals surface area contributed by atoms with Crippen LogP contribution in [0.1, 0.15) is 56.8 Å². The van der Waals surface area contributed by atoms with Crippen molar-refractivity contribution < 1.29 is 14.3 Å². The third kappa shape index (κ3) is 4.34. The van der Waals surface area contributed by atoms with Gasteiger partial charge < -0.3 is 15.0 Å². The first-order valence-electron chi connectivity index (χ1n) is 8.91. The summed E-state index contributed by atoms with van der Waals surface area (Å²) in [5.74, 6) is 0.0329. The maximum Gasteiger partial charge on any atom is 0.407 e. The van der Waals surface area contributed by atoms with Gasteiger partial charge in [0.2, 0.25) is 0 Å². The molecule has 0 saturated carbocycles. The van der Waals surface area contributed by atoms with Gasteiger partial charge in [-0.15, -0.1) is 0 Å². The molecule has 0 spiro atoms. The highest BCUT2D eigenvalue weighted by molar-refractivity contribution is 9.10. The van der Waals surface area contributed by atoms with Crippen LogP contribution in [0.25, 0.3) is 0 Å². The summed E-state index contributed by atoms with van der Waals surface area (Å²) in [4.78, 5) is 27.0. The van der Waals surface area contributed by atoms with Crippen molar-refractivity contribution in [1.29, 1.82) is 0 Å². The summed E-state index contributed by atoms with van der Waals surface area (Å²) in [5.41, 5.74) is 0.124. The molecule has 2 bridgehead atoms. The van der Waals surface area contributed by atoms with Crippen molar-refractivity contribution in [3.8, 4) is 0 Å². The van der Waals surface area contributed by atoms with Gasteiger partial charge in [-0.25, -0.2) is 4.79 Å². The summed E-state index contributed by atoms with van der Waals surface area (Å²) in [5, 5.41) is 3.56. The largest absolute Gasteiger partial charge is 0.444 e. The predicted molar refractivity (Wildman–Crippen MR) is 105 cm³/mol. The molecule has 5 nitrogen and oxygen atoms in total. The quantitative estimate of drug-likeness (QED) is 0.717. The van der Waals surface area contributed by atoms with Crippen LogP contribution in [0.2, 0.25) is 5.02 Å². The van der Waals surface area contributed by atoms with Gasteiger partial charge in [0.1, 0.15) is 5.60 Å². The molecule has 2 fully saturated rings. The van der Waals surface area contributed by atoms with Crippen molar-refractivity contribution in [2.75, 3.05) is 0 Å². The lowest BCUT2D eigenvalue weighted by molar-refractivity contribution is 0.0418. The molecule has 3 atom stereocenters. The number of halogens is 2. The van der Waals surface area contributed by atoms with E-state index in [1.54, 1.807) is 18.2 Å². The molecular formula is C19H24BrClN2O3. The van der Waals surface area contributed by atoms with E-state index in [-0.39, 0.29) is 30.1 Å². The molecule has 7 heteroatoms. The van der Waals surface area contributed by atoms with Gasteiger partial charge in [-0.1, -0.05) is 11.6 Å². The van der Waals surface area contributed by atoms with Crippen LogP contribution in [0.4, 0.5) is 4.79 Å². The molecule has 0 aromatic heterocycles. The SMILES string of the molecule is CC(C)(C)OC(=O)N[C@H]1C[C@H]2CC[C@@H](C1)N2C(=O)c1ccc(Cl)c(Br)c1. The Hall–Kier alpha value is -1.27. The molecule has 0 aliphatic carbocycles.